The molecule has 0 spiro atoms. The molecule has 0 aromatic heterocycles. The lowest BCUT2D eigenvalue weighted by molar-refractivity contribution is -0.127. The molecule has 1 fully saturated rings. The van der Waals surface area contributed by atoms with Gasteiger partial charge in [-0.3, -0.25) is 9.59 Å². The third-order valence-corrected chi connectivity index (χ3v) is 2.67. The lowest BCUT2D eigenvalue weighted by atomic mass is 10.3. The van der Waals surface area contributed by atoms with Crippen LogP contribution in [0.15, 0.2) is 24.3 Å². The highest BCUT2D eigenvalue weighted by Gasteiger charge is 2.23. The summed E-state index contributed by atoms with van der Waals surface area (Å²) in [6, 6.07) is 7.22. The number of carbonyl (C=O) groups excluding carboxylic acids is 2. The zero-order valence-electron chi connectivity index (χ0n) is 10.5. The summed E-state index contributed by atoms with van der Waals surface area (Å²) in [6.07, 6.45) is 2.05. The van der Waals surface area contributed by atoms with E-state index in [1.54, 1.807) is 24.3 Å². The number of anilines is 1. The lowest BCUT2D eigenvalue weighted by Crippen LogP contribution is -2.39. The van der Waals surface area contributed by atoms with Gasteiger partial charge >= 0.3 is 0 Å². The molecule has 0 unspecified atom stereocenters. The molecule has 2 amide bonds. The van der Waals surface area contributed by atoms with Crippen LogP contribution in [0.1, 0.15) is 12.8 Å². The van der Waals surface area contributed by atoms with Crippen molar-refractivity contribution >= 4 is 17.5 Å². The van der Waals surface area contributed by atoms with E-state index in [1.165, 1.54) is 0 Å². The van der Waals surface area contributed by atoms with Crippen molar-refractivity contribution in [3.8, 4) is 5.75 Å². The quantitative estimate of drug-likeness (QED) is 0.632. The largest absolute Gasteiger partial charge is 0.482 e. The van der Waals surface area contributed by atoms with E-state index in [2.05, 4.69) is 10.6 Å². The average Bonchev–Trinajstić information content (AvgIpc) is 3.19. The van der Waals surface area contributed by atoms with E-state index in [0.717, 1.165) is 12.8 Å². The van der Waals surface area contributed by atoms with Gasteiger partial charge in [0, 0.05) is 6.04 Å². The summed E-state index contributed by atoms with van der Waals surface area (Å²) in [5, 5.41) is 5.27. The zero-order chi connectivity index (χ0) is 13.7. The Morgan fingerprint density at radius 2 is 2.00 bits per heavy atom. The number of amides is 2. The minimum atomic E-state index is -0.353. The Kier molecular flexibility index (Phi) is 4.22. The fourth-order valence-electron chi connectivity index (χ4n) is 1.49. The molecule has 6 nitrogen and oxygen atoms in total. The molecule has 4 N–H and O–H groups in total. The topological polar surface area (TPSA) is 93.4 Å². The summed E-state index contributed by atoms with van der Waals surface area (Å²) in [6.45, 7) is -0.187. The number of rotatable bonds is 6. The van der Waals surface area contributed by atoms with Gasteiger partial charge in [0.2, 0.25) is 5.91 Å². The highest BCUT2D eigenvalue weighted by molar-refractivity contribution is 5.85. The van der Waals surface area contributed by atoms with E-state index in [1.807, 2.05) is 0 Å². The van der Waals surface area contributed by atoms with E-state index < -0.39 is 0 Å². The second kappa shape index (κ2) is 6.08. The first kappa shape index (κ1) is 13.2. The first-order valence-electron chi connectivity index (χ1n) is 6.18. The SMILES string of the molecule is Nc1ccccc1OCC(=O)NCC(=O)NC1CC1. The Balaban J connectivity index is 1.66. The van der Waals surface area contributed by atoms with Crippen LogP contribution in [0.25, 0.3) is 0 Å². The fourth-order valence-corrected chi connectivity index (χ4v) is 1.49. The van der Waals surface area contributed by atoms with Gasteiger partial charge < -0.3 is 21.1 Å². The molecule has 6 heteroatoms. The molecule has 1 aliphatic carbocycles. The van der Waals surface area contributed by atoms with Gasteiger partial charge in [-0.15, -0.1) is 0 Å². The number of ether oxygens (including phenoxy) is 1. The summed E-state index contributed by atoms with van der Waals surface area (Å²) in [5.41, 5.74) is 6.14. The molecule has 1 aromatic rings. The van der Waals surface area contributed by atoms with E-state index in [4.69, 9.17) is 10.5 Å². The number of hydrogen-bond donors (Lipinski definition) is 3. The van der Waals surface area contributed by atoms with Gasteiger partial charge in [-0.2, -0.15) is 0 Å². The van der Waals surface area contributed by atoms with Crippen molar-refractivity contribution in [3.05, 3.63) is 24.3 Å². The van der Waals surface area contributed by atoms with Crippen LogP contribution < -0.4 is 21.1 Å². The summed E-state index contributed by atoms with van der Waals surface area (Å²) in [7, 11) is 0. The highest BCUT2D eigenvalue weighted by Crippen LogP contribution is 2.19. The van der Waals surface area contributed by atoms with E-state index in [-0.39, 0.29) is 25.0 Å². The smallest absolute Gasteiger partial charge is 0.258 e. The predicted octanol–water partition coefficient (Wildman–Crippen LogP) is 0.0424. The minimum Gasteiger partial charge on any atom is -0.482 e. The predicted molar refractivity (Wildman–Crippen MR) is 70.5 cm³/mol. The Hall–Kier alpha value is -2.24. The van der Waals surface area contributed by atoms with E-state index in [0.29, 0.717) is 17.5 Å². The maximum Gasteiger partial charge on any atom is 0.258 e. The van der Waals surface area contributed by atoms with Gasteiger partial charge in [-0.25, -0.2) is 0 Å². The van der Waals surface area contributed by atoms with Gasteiger partial charge in [0.25, 0.3) is 5.91 Å². The molecule has 2 rings (SSSR count). The molecule has 102 valence electrons. The van der Waals surface area contributed by atoms with Crippen LogP contribution in [0.3, 0.4) is 0 Å². The van der Waals surface area contributed by atoms with Crippen LogP contribution in [-0.2, 0) is 9.59 Å². The summed E-state index contributed by atoms with van der Waals surface area (Å²) >= 11 is 0. The van der Waals surface area contributed by atoms with E-state index in [9.17, 15) is 9.59 Å². The molecule has 0 aliphatic heterocycles. The number of nitrogens with one attached hydrogen (secondary N) is 2. The Labute approximate surface area is 111 Å². The molecular formula is C13H17N3O3. The average molecular weight is 263 g/mol. The molecular weight excluding hydrogens is 246 g/mol. The molecule has 0 atom stereocenters. The van der Waals surface area contributed by atoms with Crippen molar-refractivity contribution in [1.82, 2.24) is 10.6 Å². The third kappa shape index (κ3) is 4.50. The van der Waals surface area contributed by atoms with Crippen molar-refractivity contribution in [2.24, 2.45) is 0 Å². The Morgan fingerprint density at radius 3 is 2.68 bits per heavy atom. The molecule has 0 saturated heterocycles. The summed E-state index contributed by atoms with van der Waals surface area (Å²) < 4.78 is 5.26. The second-order valence-electron chi connectivity index (χ2n) is 4.45. The summed E-state index contributed by atoms with van der Waals surface area (Å²) in [5.74, 6) is -0.0654. The molecule has 0 radical (unpaired) electrons. The molecule has 0 heterocycles. The van der Waals surface area contributed by atoms with Crippen LogP contribution in [-0.4, -0.2) is 31.0 Å². The van der Waals surface area contributed by atoms with Crippen LogP contribution in [0.5, 0.6) is 5.75 Å². The molecule has 0 bridgehead atoms. The monoisotopic (exact) mass is 263 g/mol. The van der Waals surface area contributed by atoms with Gasteiger partial charge in [0.15, 0.2) is 6.61 Å². The highest BCUT2D eigenvalue weighted by atomic mass is 16.5. The number of carbonyl (C=O) groups is 2. The zero-order valence-corrected chi connectivity index (χ0v) is 10.5. The molecule has 19 heavy (non-hydrogen) atoms. The fraction of sp³-hybridized carbons (Fsp3) is 0.385. The van der Waals surface area contributed by atoms with Crippen LogP contribution >= 0.6 is 0 Å². The van der Waals surface area contributed by atoms with Gasteiger partial charge in [-0.1, -0.05) is 12.1 Å². The molecule has 1 aliphatic rings. The number of nitrogen functional groups attached to an aromatic ring is 1. The maximum absolute atomic E-state index is 11.5. The molecule has 1 saturated carbocycles. The van der Waals surface area contributed by atoms with Crippen molar-refractivity contribution < 1.29 is 14.3 Å². The Bertz CT molecular complexity index is 472. The normalized spacial score (nSPS) is 13.7. The second-order valence-corrected chi connectivity index (χ2v) is 4.45. The number of nitrogens with two attached hydrogens (primary N) is 1. The number of para-hydroxylation sites is 2. The van der Waals surface area contributed by atoms with Crippen LogP contribution in [0.2, 0.25) is 0 Å². The van der Waals surface area contributed by atoms with Crippen molar-refractivity contribution in [3.63, 3.8) is 0 Å². The van der Waals surface area contributed by atoms with Crippen molar-refractivity contribution in [1.29, 1.82) is 0 Å². The van der Waals surface area contributed by atoms with Crippen molar-refractivity contribution in [2.45, 2.75) is 18.9 Å². The van der Waals surface area contributed by atoms with E-state index >= 15 is 0 Å². The van der Waals surface area contributed by atoms with Crippen LogP contribution in [0.4, 0.5) is 5.69 Å². The summed E-state index contributed by atoms with van der Waals surface area (Å²) in [4.78, 5) is 22.8. The Morgan fingerprint density at radius 1 is 1.26 bits per heavy atom. The first-order valence-corrected chi connectivity index (χ1v) is 6.18. The third-order valence-electron chi connectivity index (χ3n) is 2.67. The number of hydrogen-bond acceptors (Lipinski definition) is 4. The van der Waals surface area contributed by atoms with Gasteiger partial charge in [0.05, 0.1) is 12.2 Å². The van der Waals surface area contributed by atoms with Gasteiger partial charge in [0.1, 0.15) is 5.75 Å². The minimum absolute atomic E-state index is 0.0248. The van der Waals surface area contributed by atoms with Gasteiger partial charge in [-0.05, 0) is 25.0 Å². The first-order chi connectivity index (χ1) is 9.15. The van der Waals surface area contributed by atoms with Crippen molar-refractivity contribution in [2.75, 3.05) is 18.9 Å². The maximum atomic E-state index is 11.5. The number of benzene rings is 1. The lowest BCUT2D eigenvalue weighted by Gasteiger charge is -2.09. The van der Waals surface area contributed by atoms with Crippen LogP contribution in [0, 0.1) is 0 Å². The molecule has 1 aromatic carbocycles. The standard InChI is InChI=1S/C13H17N3O3/c14-10-3-1-2-4-11(10)19-8-13(18)15-7-12(17)16-9-5-6-9/h1-4,9H,5-8,14H2,(H,15,18)(H,16,17).